The van der Waals surface area contributed by atoms with E-state index in [-0.39, 0.29) is 12.0 Å². The number of morpholine rings is 1. The van der Waals surface area contributed by atoms with Crippen LogP contribution in [0, 0.1) is 0 Å². The fourth-order valence-corrected chi connectivity index (χ4v) is 2.40. The van der Waals surface area contributed by atoms with Crippen molar-refractivity contribution in [1.29, 1.82) is 0 Å². The first-order valence-electron chi connectivity index (χ1n) is 7.57. The van der Waals surface area contributed by atoms with Crippen molar-refractivity contribution in [3.05, 3.63) is 36.4 Å². The van der Waals surface area contributed by atoms with Crippen LogP contribution in [0.2, 0.25) is 0 Å². The summed E-state index contributed by atoms with van der Waals surface area (Å²) < 4.78 is 16.2. The second-order valence-electron chi connectivity index (χ2n) is 5.37. The molecule has 0 bridgehead atoms. The number of carbonyl (C=O) groups excluding carboxylic acids is 1. The van der Waals surface area contributed by atoms with Crippen LogP contribution in [-0.4, -0.2) is 61.5 Å². The largest absolute Gasteiger partial charge is 0.493 e. The lowest BCUT2D eigenvalue weighted by atomic mass is 10.1. The van der Waals surface area contributed by atoms with Crippen molar-refractivity contribution < 1.29 is 24.1 Å². The van der Waals surface area contributed by atoms with Crippen molar-refractivity contribution in [1.82, 2.24) is 4.90 Å². The minimum atomic E-state index is -0.616. The number of nitrogens with zero attached hydrogens (tertiary/aromatic N) is 1. The molecule has 1 saturated heterocycles. The lowest BCUT2D eigenvalue weighted by Crippen LogP contribution is -2.49. The second-order valence-corrected chi connectivity index (χ2v) is 5.37. The van der Waals surface area contributed by atoms with Crippen LogP contribution in [0.15, 0.2) is 30.9 Å². The molecule has 2 atom stereocenters. The minimum absolute atomic E-state index is 0.118. The molecule has 0 saturated carbocycles. The standard InChI is InChI=1S/C17H23NO5/c1-4-8-22-14-6-5-13(10-15(14)21-3)17(20)18-7-9-23-16(11-18)12(2)19/h4-6,10,12,16,19H,1,7-9,11H2,2-3H3/t12-,16-/m0/s1. The average molecular weight is 321 g/mol. The Hall–Kier alpha value is -2.05. The fraction of sp³-hybridized carbons (Fsp3) is 0.471. The molecule has 126 valence electrons. The summed E-state index contributed by atoms with van der Waals surface area (Å²) in [5.41, 5.74) is 0.513. The van der Waals surface area contributed by atoms with E-state index < -0.39 is 6.10 Å². The van der Waals surface area contributed by atoms with Gasteiger partial charge < -0.3 is 24.2 Å². The van der Waals surface area contributed by atoms with Crippen molar-refractivity contribution in [3.63, 3.8) is 0 Å². The summed E-state index contributed by atoms with van der Waals surface area (Å²) in [7, 11) is 1.53. The lowest BCUT2D eigenvalue weighted by Gasteiger charge is -2.34. The van der Waals surface area contributed by atoms with Gasteiger partial charge in [0.2, 0.25) is 0 Å². The summed E-state index contributed by atoms with van der Waals surface area (Å²) >= 11 is 0. The van der Waals surface area contributed by atoms with Gasteiger partial charge in [-0.25, -0.2) is 0 Å². The summed E-state index contributed by atoms with van der Waals surface area (Å²) in [4.78, 5) is 14.3. The third-order valence-electron chi connectivity index (χ3n) is 3.69. The van der Waals surface area contributed by atoms with Crippen LogP contribution in [0.25, 0.3) is 0 Å². The van der Waals surface area contributed by atoms with Crippen LogP contribution in [0.3, 0.4) is 0 Å². The van der Waals surface area contributed by atoms with Crippen LogP contribution in [0.5, 0.6) is 11.5 Å². The van der Waals surface area contributed by atoms with Gasteiger partial charge >= 0.3 is 0 Å². The van der Waals surface area contributed by atoms with E-state index in [0.717, 1.165) is 0 Å². The summed E-state index contributed by atoms with van der Waals surface area (Å²) in [6.45, 7) is 6.91. The molecular weight excluding hydrogens is 298 g/mol. The number of methoxy groups -OCH3 is 1. The van der Waals surface area contributed by atoms with E-state index in [1.54, 1.807) is 36.1 Å². The van der Waals surface area contributed by atoms with Crippen LogP contribution in [0.1, 0.15) is 17.3 Å². The number of amides is 1. The number of hydrogen-bond donors (Lipinski definition) is 1. The van der Waals surface area contributed by atoms with Gasteiger partial charge in [0.15, 0.2) is 11.5 Å². The first-order chi connectivity index (χ1) is 11.1. The van der Waals surface area contributed by atoms with Crippen molar-refractivity contribution in [3.8, 4) is 11.5 Å². The van der Waals surface area contributed by atoms with Gasteiger partial charge in [-0.05, 0) is 25.1 Å². The van der Waals surface area contributed by atoms with Crippen LogP contribution < -0.4 is 9.47 Å². The topological polar surface area (TPSA) is 68.2 Å². The molecule has 0 unspecified atom stereocenters. The number of carbonyl (C=O) groups is 1. The minimum Gasteiger partial charge on any atom is -0.493 e. The smallest absolute Gasteiger partial charge is 0.254 e. The van der Waals surface area contributed by atoms with Gasteiger partial charge in [0.25, 0.3) is 5.91 Å². The molecular formula is C17H23NO5. The Morgan fingerprint density at radius 3 is 3.00 bits per heavy atom. The third kappa shape index (κ3) is 4.24. The monoisotopic (exact) mass is 321 g/mol. The summed E-state index contributed by atoms with van der Waals surface area (Å²) in [6, 6.07) is 5.08. The molecule has 1 N–H and O–H groups in total. The number of ether oxygens (including phenoxy) is 3. The first kappa shape index (κ1) is 17.3. The van der Waals surface area contributed by atoms with Gasteiger partial charge in [-0.3, -0.25) is 4.79 Å². The van der Waals surface area contributed by atoms with Gasteiger partial charge in [0.05, 0.1) is 19.8 Å². The average Bonchev–Trinajstić information content (AvgIpc) is 2.59. The molecule has 6 heteroatoms. The Morgan fingerprint density at radius 1 is 1.57 bits per heavy atom. The molecule has 1 aromatic rings. The van der Waals surface area contributed by atoms with E-state index in [0.29, 0.717) is 43.4 Å². The van der Waals surface area contributed by atoms with Crippen LogP contribution in [-0.2, 0) is 4.74 Å². The highest BCUT2D eigenvalue weighted by atomic mass is 16.5. The summed E-state index contributed by atoms with van der Waals surface area (Å²) in [5, 5.41) is 9.64. The molecule has 0 aromatic heterocycles. The maximum Gasteiger partial charge on any atom is 0.254 e. The molecule has 2 rings (SSSR count). The van der Waals surface area contributed by atoms with E-state index in [2.05, 4.69) is 6.58 Å². The van der Waals surface area contributed by atoms with E-state index in [1.807, 2.05) is 0 Å². The molecule has 1 amide bonds. The predicted molar refractivity (Wildman–Crippen MR) is 86.0 cm³/mol. The molecule has 1 aromatic carbocycles. The summed E-state index contributed by atoms with van der Waals surface area (Å²) in [6.07, 6.45) is 0.669. The van der Waals surface area contributed by atoms with Gasteiger partial charge in [-0.1, -0.05) is 12.7 Å². The normalized spacial score (nSPS) is 19.1. The number of rotatable bonds is 6. The molecule has 0 aliphatic carbocycles. The van der Waals surface area contributed by atoms with E-state index >= 15 is 0 Å². The zero-order chi connectivity index (χ0) is 16.8. The van der Waals surface area contributed by atoms with E-state index in [1.165, 1.54) is 7.11 Å². The molecule has 0 spiro atoms. The molecule has 23 heavy (non-hydrogen) atoms. The maximum absolute atomic E-state index is 12.6. The molecule has 1 aliphatic rings. The van der Waals surface area contributed by atoms with E-state index in [9.17, 15) is 9.90 Å². The number of hydrogen-bond acceptors (Lipinski definition) is 5. The lowest BCUT2D eigenvalue weighted by molar-refractivity contribution is -0.0745. The van der Waals surface area contributed by atoms with Crippen molar-refractivity contribution in [2.45, 2.75) is 19.1 Å². The van der Waals surface area contributed by atoms with Gasteiger partial charge in [-0.15, -0.1) is 0 Å². The number of aliphatic hydroxyl groups is 1. The Labute approximate surface area is 136 Å². The van der Waals surface area contributed by atoms with Crippen LogP contribution >= 0.6 is 0 Å². The second kappa shape index (κ2) is 7.99. The molecule has 1 heterocycles. The van der Waals surface area contributed by atoms with E-state index in [4.69, 9.17) is 14.2 Å². The first-order valence-corrected chi connectivity index (χ1v) is 7.57. The summed E-state index contributed by atoms with van der Waals surface area (Å²) in [5.74, 6) is 0.943. The molecule has 6 nitrogen and oxygen atoms in total. The molecule has 0 radical (unpaired) electrons. The van der Waals surface area contributed by atoms with Crippen molar-refractivity contribution >= 4 is 5.91 Å². The highest BCUT2D eigenvalue weighted by Gasteiger charge is 2.28. The quantitative estimate of drug-likeness (QED) is 0.804. The van der Waals surface area contributed by atoms with Crippen LogP contribution in [0.4, 0.5) is 0 Å². The number of benzene rings is 1. The van der Waals surface area contributed by atoms with Crippen molar-refractivity contribution in [2.75, 3.05) is 33.4 Å². The Balaban J connectivity index is 2.14. The SMILES string of the molecule is C=CCOc1ccc(C(=O)N2CCO[C@H]([C@H](C)O)C2)cc1OC. The fourth-order valence-electron chi connectivity index (χ4n) is 2.40. The predicted octanol–water partition coefficient (Wildman–Crippen LogP) is 1.48. The Kier molecular flexibility index (Phi) is 6.01. The Bertz CT molecular complexity index is 558. The zero-order valence-electron chi connectivity index (χ0n) is 13.5. The molecule has 1 aliphatic heterocycles. The number of aliphatic hydroxyl groups excluding tert-OH is 1. The highest BCUT2D eigenvalue weighted by molar-refractivity contribution is 5.95. The maximum atomic E-state index is 12.6. The zero-order valence-corrected chi connectivity index (χ0v) is 13.5. The van der Waals surface area contributed by atoms with Gasteiger partial charge in [-0.2, -0.15) is 0 Å². The molecule has 1 fully saturated rings. The van der Waals surface area contributed by atoms with Crippen molar-refractivity contribution in [2.24, 2.45) is 0 Å². The Morgan fingerprint density at radius 2 is 2.35 bits per heavy atom. The van der Waals surface area contributed by atoms with Gasteiger partial charge in [0, 0.05) is 18.7 Å². The third-order valence-corrected chi connectivity index (χ3v) is 3.69. The highest BCUT2D eigenvalue weighted by Crippen LogP contribution is 2.29. The van der Waals surface area contributed by atoms with Gasteiger partial charge in [0.1, 0.15) is 12.7 Å².